The molecule has 1 aromatic heterocycles. The van der Waals surface area contributed by atoms with Crippen molar-refractivity contribution in [3.63, 3.8) is 0 Å². The summed E-state index contributed by atoms with van der Waals surface area (Å²) < 4.78 is 1.82. The summed E-state index contributed by atoms with van der Waals surface area (Å²) in [4.78, 5) is 11.5. The fourth-order valence-electron chi connectivity index (χ4n) is 2.60. The molecule has 2 aromatic carbocycles. The molecule has 0 saturated heterocycles. The molecule has 0 aliphatic carbocycles. The molecule has 3 rings (SSSR count). The zero-order valence-electron chi connectivity index (χ0n) is 11.5. The van der Waals surface area contributed by atoms with Gasteiger partial charge in [-0.05, 0) is 42.3 Å². The molecular formula is C17H14ClNO2. The van der Waals surface area contributed by atoms with Crippen LogP contribution in [0.15, 0.2) is 48.5 Å². The normalized spacial score (nSPS) is 11.0. The van der Waals surface area contributed by atoms with Crippen molar-refractivity contribution < 1.29 is 9.90 Å². The van der Waals surface area contributed by atoms with E-state index in [1.807, 2.05) is 47.9 Å². The van der Waals surface area contributed by atoms with Crippen LogP contribution in [0.2, 0.25) is 5.02 Å². The second kappa shape index (κ2) is 5.26. The number of carboxylic acid groups (broad SMARTS) is 1. The number of fused-ring (bicyclic) bond motifs is 1. The maximum atomic E-state index is 11.5. The molecule has 1 N–H and O–H groups in total. The molecule has 3 nitrogen and oxygen atoms in total. The van der Waals surface area contributed by atoms with Crippen molar-refractivity contribution in [1.29, 1.82) is 0 Å². The molecule has 3 aromatic rings. The van der Waals surface area contributed by atoms with Crippen LogP contribution in [0.1, 0.15) is 21.6 Å². The first-order valence-electron chi connectivity index (χ1n) is 6.63. The third-order valence-corrected chi connectivity index (χ3v) is 3.85. The number of nitrogens with zero attached hydrogens (tertiary/aromatic N) is 1. The van der Waals surface area contributed by atoms with Crippen LogP contribution in [0, 0.1) is 6.92 Å². The lowest BCUT2D eigenvalue weighted by molar-refractivity contribution is 0.0686. The molecule has 106 valence electrons. The van der Waals surface area contributed by atoms with Gasteiger partial charge in [0.15, 0.2) is 0 Å². The Balaban J connectivity index is 2.18. The molecule has 0 radical (unpaired) electrons. The Hall–Kier alpha value is -2.26. The Bertz CT molecular complexity index is 836. The van der Waals surface area contributed by atoms with Gasteiger partial charge < -0.3 is 9.67 Å². The number of aromatic carboxylic acids is 1. The first-order chi connectivity index (χ1) is 10.1. The van der Waals surface area contributed by atoms with E-state index in [9.17, 15) is 9.90 Å². The van der Waals surface area contributed by atoms with E-state index in [2.05, 4.69) is 0 Å². The number of hydrogen-bond acceptors (Lipinski definition) is 1. The van der Waals surface area contributed by atoms with Gasteiger partial charge in [0.2, 0.25) is 0 Å². The molecule has 0 amide bonds. The van der Waals surface area contributed by atoms with Crippen molar-refractivity contribution >= 4 is 28.5 Å². The topological polar surface area (TPSA) is 42.2 Å². The van der Waals surface area contributed by atoms with E-state index in [4.69, 9.17) is 11.6 Å². The van der Waals surface area contributed by atoms with Crippen molar-refractivity contribution in [3.05, 3.63) is 70.4 Å². The van der Waals surface area contributed by atoms with Crippen LogP contribution in [0.5, 0.6) is 0 Å². The van der Waals surface area contributed by atoms with Gasteiger partial charge in [-0.15, -0.1) is 0 Å². The van der Waals surface area contributed by atoms with Crippen LogP contribution in [-0.2, 0) is 6.54 Å². The van der Waals surface area contributed by atoms with Gasteiger partial charge in [-0.25, -0.2) is 4.79 Å². The van der Waals surface area contributed by atoms with E-state index < -0.39 is 5.97 Å². The van der Waals surface area contributed by atoms with E-state index in [0.29, 0.717) is 17.3 Å². The maximum absolute atomic E-state index is 11.5. The number of carbonyl (C=O) groups is 1. The van der Waals surface area contributed by atoms with E-state index in [1.165, 1.54) is 0 Å². The Morgan fingerprint density at radius 3 is 2.67 bits per heavy atom. The summed E-state index contributed by atoms with van der Waals surface area (Å²) in [5.41, 5.74) is 3.26. The zero-order valence-corrected chi connectivity index (χ0v) is 12.3. The van der Waals surface area contributed by atoms with E-state index in [1.54, 1.807) is 12.1 Å². The smallest absolute Gasteiger partial charge is 0.352 e. The number of carboxylic acids is 1. The Morgan fingerprint density at radius 2 is 1.95 bits per heavy atom. The fourth-order valence-corrected chi connectivity index (χ4v) is 2.81. The van der Waals surface area contributed by atoms with Gasteiger partial charge in [0.25, 0.3) is 0 Å². The second-order valence-electron chi connectivity index (χ2n) is 5.06. The minimum absolute atomic E-state index is 0.291. The minimum Gasteiger partial charge on any atom is -0.477 e. The fraction of sp³-hybridized carbons (Fsp3) is 0.118. The standard InChI is InChI=1S/C17H14ClNO2/c1-11-4-2-7-15-14(11)9-16(17(20)21)19(15)10-12-5-3-6-13(18)8-12/h2-9H,10H2,1H3,(H,20,21). The van der Waals surface area contributed by atoms with Crippen molar-refractivity contribution in [3.8, 4) is 0 Å². The van der Waals surface area contributed by atoms with E-state index in [-0.39, 0.29) is 0 Å². The zero-order chi connectivity index (χ0) is 15.0. The van der Waals surface area contributed by atoms with Crippen LogP contribution in [-0.4, -0.2) is 15.6 Å². The summed E-state index contributed by atoms with van der Waals surface area (Å²) in [7, 11) is 0. The van der Waals surface area contributed by atoms with Crippen LogP contribution in [0.3, 0.4) is 0 Å². The molecule has 0 spiro atoms. The van der Waals surface area contributed by atoms with Crippen LogP contribution in [0.4, 0.5) is 0 Å². The monoisotopic (exact) mass is 299 g/mol. The third kappa shape index (κ3) is 2.52. The van der Waals surface area contributed by atoms with Crippen LogP contribution < -0.4 is 0 Å². The summed E-state index contributed by atoms with van der Waals surface area (Å²) in [5, 5.41) is 11.1. The molecule has 0 unspecified atom stereocenters. The molecule has 1 heterocycles. The number of benzene rings is 2. The Kier molecular flexibility index (Phi) is 3.43. The quantitative estimate of drug-likeness (QED) is 0.781. The van der Waals surface area contributed by atoms with Gasteiger partial charge in [-0.2, -0.15) is 0 Å². The summed E-state index contributed by atoms with van der Waals surface area (Å²) in [6.45, 7) is 2.47. The Morgan fingerprint density at radius 1 is 1.19 bits per heavy atom. The largest absolute Gasteiger partial charge is 0.477 e. The number of halogens is 1. The lowest BCUT2D eigenvalue weighted by Crippen LogP contribution is -2.09. The average Bonchev–Trinajstić information content (AvgIpc) is 2.80. The molecule has 0 bridgehead atoms. The van der Waals surface area contributed by atoms with Gasteiger partial charge >= 0.3 is 5.97 Å². The molecule has 0 fully saturated rings. The Labute approximate surface area is 127 Å². The molecule has 0 atom stereocenters. The summed E-state index contributed by atoms with van der Waals surface area (Å²) in [5.74, 6) is -0.923. The van der Waals surface area contributed by atoms with Crippen molar-refractivity contribution in [2.45, 2.75) is 13.5 Å². The highest BCUT2D eigenvalue weighted by Crippen LogP contribution is 2.25. The lowest BCUT2D eigenvalue weighted by atomic mass is 10.1. The van der Waals surface area contributed by atoms with Gasteiger partial charge in [0.05, 0.1) is 0 Å². The third-order valence-electron chi connectivity index (χ3n) is 3.61. The second-order valence-corrected chi connectivity index (χ2v) is 5.49. The molecule has 4 heteroatoms. The molecule has 0 aliphatic rings. The lowest BCUT2D eigenvalue weighted by Gasteiger charge is -2.09. The van der Waals surface area contributed by atoms with Crippen molar-refractivity contribution in [2.75, 3.05) is 0 Å². The first-order valence-corrected chi connectivity index (χ1v) is 7.00. The number of aromatic nitrogens is 1. The summed E-state index contributed by atoms with van der Waals surface area (Å²) in [6, 6.07) is 15.1. The summed E-state index contributed by atoms with van der Waals surface area (Å²) in [6.07, 6.45) is 0. The number of aryl methyl sites for hydroxylation is 1. The minimum atomic E-state index is -0.923. The van der Waals surface area contributed by atoms with Crippen LogP contribution >= 0.6 is 11.6 Å². The van der Waals surface area contributed by atoms with E-state index in [0.717, 1.165) is 22.0 Å². The number of rotatable bonds is 3. The van der Waals surface area contributed by atoms with Gasteiger partial charge in [0, 0.05) is 22.5 Å². The highest BCUT2D eigenvalue weighted by atomic mass is 35.5. The predicted octanol–water partition coefficient (Wildman–Crippen LogP) is 4.35. The highest BCUT2D eigenvalue weighted by Gasteiger charge is 2.15. The van der Waals surface area contributed by atoms with Crippen molar-refractivity contribution in [2.24, 2.45) is 0 Å². The van der Waals surface area contributed by atoms with E-state index >= 15 is 0 Å². The number of hydrogen-bond donors (Lipinski definition) is 1. The van der Waals surface area contributed by atoms with Gasteiger partial charge in [-0.1, -0.05) is 35.9 Å². The molecule has 21 heavy (non-hydrogen) atoms. The van der Waals surface area contributed by atoms with Crippen molar-refractivity contribution in [1.82, 2.24) is 4.57 Å². The van der Waals surface area contributed by atoms with Crippen LogP contribution in [0.25, 0.3) is 10.9 Å². The maximum Gasteiger partial charge on any atom is 0.352 e. The molecular weight excluding hydrogens is 286 g/mol. The SMILES string of the molecule is Cc1cccc2c1cc(C(=O)O)n2Cc1cccc(Cl)c1. The van der Waals surface area contributed by atoms with Gasteiger partial charge in [0.1, 0.15) is 5.69 Å². The molecule has 0 aliphatic heterocycles. The highest BCUT2D eigenvalue weighted by molar-refractivity contribution is 6.30. The first kappa shape index (κ1) is 13.7. The average molecular weight is 300 g/mol. The predicted molar refractivity (Wildman–Crippen MR) is 84.2 cm³/mol. The summed E-state index contributed by atoms with van der Waals surface area (Å²) >= 11 is 6.01. The molecule has 0 saturated carbocycles. The van der Waals surface area contributed by atoms with Gasteiger partial charge in [-0.3, -0.25) is 0 Å².